The fraction of sp³-hybridized carbons (Fsp3) is 0.500. The van der Waals surface area contributed by atoms with Crippen molar-refractivity contribution in [3.05, 3.63) is 29.0 Å². The summed E-state index contributed by atoms with van der Waals surface area (Å²) >= 11 is 5.56. The molecule has 0 amide bonds. The van der Waals surface area contributed by atoms with Crippen LogP contribution in [0.1, 0.15) is 6.92 Å². The highest BCUT2D eigenvalue weighted by Gasteiger charge is 2.26. The predicted octanol–water partition coefficient (Wildman–Crippen LogP) is 1.07. The number of hydrogen-bond acceptors (Lipinski definition) is 4. The van der Waals surface area contributed by atoms with Gasteiger partial charge in [-0.15, -0.1) is 0 Å². The van der Waals surface area contributed by atoms with Gasteiger partial charge in [-0.3, -0.25) is 0 Å². The van der Waals surface area contributed by atoms with Gasteiger partial charge in [0.05, 0.1) is 10.6 Å². The molecule has 0 saturated heterocycles. The Labute approximate surface area is 123 Å². The molecule has 0 aromatic heterocycles. The van der Waals surface area contributed by atoms with Crippen molar-refractivity contribution in [2.75, 3.05) is 27.2 Å². The van der Waals surface area contributed by atoms with Gasteiger partial charge >= 0.3 is 0 Å². The predicted molar refractivity (Wildman–Crippen MR) is 75.8 cm³/mol. The number of benzene rings is 1. The molecule has 1 rings (SSSR count). The second-order valence-electron chi connectivity index (χ2n) is 5.11. The molecule has 0 saturated carbocycles. The molecular formula is C12H18ClFN2O3S. The van der Waals surface area contributed by atoms with Gasteiger partial charge in [-0.2, -0.15) is 0 Å². The summed E-state index contributed by atoms with van der Waals surface area (Å²) in [5.41, 5.74) is -1.27. The van der Waals surface area contributed by atoms with Gasteiger partial charge in [-0.1, -0.05) is 17.7 Å². The van der Waals surface area contributed by atoms with Crippen LogP contribution in [0.4, 0.5) is 4.39 Å². The number of likely N-dealkylation sites (N-methyl/N-ethyl adjacent to an activating group) is 1. The molecule has 8 heteroatoms. The van der Waals surface area contributed by atoms with Crippen molar-refractivity contribution < 1.29 is 17.9 Å². The van der Waals surface area contributed by atoms with Crippen molar-refractivity contribution in [1.29, 1.82) is 0 Å². The van der Waals surface area contributed by atoms with E-state index in [9.17, 15) is 17.9 Å². The van der Waals surface area contributed by atoms with Crippen LogP contribution in [0.2, 0.25) is 5.02 Å². The van der Waals surface area contributed by atoms with Crippen LogP contribution in [0.3, 0.4) is 0 Å². The third-order valence-electron chi connectivity index (χ3n) is 2.51. The van der Waals surface area contributed by atoms with Gasteiger partial charge in [-0.05, 0) is 33.2 Å². The SMILES string of the molecule is CN(C)CC(C)(O)CNS(=O)(=O)c1cccc(Cl)c1F. The van der Waals surface area contributed by atoms with Crippen LogP contribution in [-0.4, -0.2) is 51.2 Å². The number of sulfonamides is 1. The maximum atomic E-state index is 13.7. The van der Waals surface area contributed by atoms with Gasteiger partial charge in [0, 0.05) is 13.1 Å². The molecule has 2 N–H and O–H groups in total. The van der Waals surface area contributed by atoms with Gasteiger partial charge in [0.2, 0.25) is 10.0 Å². The lowest BCUT2D eigenvalue weighted by Gasteiger charge is -2.27. The van der Waals surface area contributed by atoms with Gasteiger partial charge in [0.1, 0.15) is 4.90 Å². The Bertz CT molecular complexity index is 576. The Morgan fingerprint density at radius 3 is 2.60 bits per heavy atom. The van der Waals surface area contributed by atoms with Crippen LogP contribution in [0, 0.1) is 5.82 Å². The van der Waals surface area contributed by atoms with E-state index in [0.717, 1.165) is 6.07 Å². The quantitative estimate of drug-likeness (QED) is 0.821. The number of rotatable bonds is 6. The molecule has 5 nitrogen and oxygen atoms in total. The standard InChI is InChI=1S/C12H18ClFN2O3S/c1-12(17,8-16(2)3)7-15-20(18,19)10-6-4-5-9(13)11(10)14/h4-6,15,17H,7-8H2,1-3H3. The number of aliphatic hydroxyl groups is 1. The molecule has 1 aromatic carbocycles. The zero-order chi connectivity index (χ0) is 15.6. The third-order valence-corrected chi connectivity index (χ3v) is 4.22. The van der Waals surface area contributed by atoms with Crippen molar-refractivity contribution in [2.24, 2.45) is 0 Å². The highest BCUT2D eigenvalue weighted by molar-refractivity contribution is 7.89. The summed E-state index contributed by atoms with van der Waals surface area (Å²) in [4.78, 5) is 1.18. The summed E-state index contributed by atoms with van der Waals surface area (Å²) in [6.07, 6.45) is 0. The molecule has 114 valence electrons. The number of nitrogens with zero attached hydrogens (tertiary/aromatic N) is 1. The largest absolute Gasteiger partial charge is 0.387 e. The molecule has 1 unspecified atom stereocenters. The number of halogens is 2. The molecule has 1 atom stereocenters. The summed E-state index contributed by atoms with van der Waals surface area (Å²) in [6, 6.07) is 3.72. The Hall–Kier alpha value is -0.730. The number of hydrogen-bond donors (Lipinski definition) is 2. The minimum atomic E-state index is -4.07. The van der Waals surface area contributed by atoms with Crippen molar-refractivity contribution >= 4 is 21.6 Å². The first-order valence-corrected chi connectivity index (χ1v) is 7.72. The first-order valence-electron chi connectivity index (χ1n) is 5.86. The summed E-state index contributed by atoms with van der Waals surface area (Å²) in [7, 11) is -0.571. The van der Waals surface area contributed by atoms with Crippen LogP contribution in [-0.2, 0) is 10.0 Å². The van der Waals surface area contributed by atoms with E-state index in [1.807, 2.05) is 0 Å². The van der Waals surface area contributed by atoms with Crippen molar-refractivity contribution in [1.82, 2.24) is 9.62 Å². The zero-order valence-electron chi connectivity index (χ0n) is 11.5. The maximum absolute atomic E-state index is 13.7. The van der Waals surface area contributed by atoms with Gasteiger partial charge in [-0.25, -0.2) is 17.5 Å². The van der Waals surface area contributed by atoms with Crippen LogP contribution < -0.4 is 4.72 Å². The lowest BCUT2D eigenvalue weighted by Crippen LogP contribution is -2.47. The highest BCUT2D eigenvalue weighted by Crippen LogP contribution is 2.21. The fourth-order valence-corrected chi connectivity index (χ4v) is 3.25. The minimum absolute atomic E-state index is 0.237. The Kier molecular flexibility index (Phi) is 5.51. The fourth-order valence-electron chi connectivity index (χ4n) is 1.76. The lowest BCUT2D eigenvalue weighted by molar-refractivity contribution is 0.0386. The molecule has 0 spiro atoms. The van der Waals surface area contributed by atoms with Gasteiger partial charge in [0.25, 0.3) is 0 Å². The first kappa shape index (κ1) is 17.3. The summed E-state index contributed by atoms with van der Waals surface area (Å²) < 4.78 is 39.9. The molecule has 0 fully saturated rings. The van der Waals surface area contributed by atoms with E-state index in [1.165, 1.54) is 19.1 Å². The molecule has 0 aliphatic carbocycles. The molecule has 0 aliphatic rings. The summed E-state index contributed by atoms with van der Waals surface area (Å²) in [5, 5.41) is 9.76. The highest BCUT2D eigenvalue weighted by atomic mass is 35.5. The average Bonchev–Trinajstić information content (AvgIpc) is 2.29. The van der Waals surface area contributed by atoms with Crippen LogP contribution in [0.5, 0.6) is 0 Å². The van der Waals surface area contributed by atoms with Crippen LogP contribution in [0.25, 0.3) is 0 Å². The Balaban J connectivity index is 2.89. The number of nitrogens with one attached hydrogen (secondary N) is 1. The van der Waals surface area contributed by atoms with Crippen molar-refractivity contribution in [3.63, 3.8) is 0 Å². The van der Waals surface area contributed by atoms with Crippen molar-refractivity contribution in [3.8, 4) is 0 Å². The average molecular weight is 325 g/mol. The van der Waals surface area contributed by atoms with E-state index >= 15 is 0 Å². The molecule has 0 bridgehead atoms. The topological polar surface area (TPSA) is 69.6 Å². The van der Waals surface area contributed by atoms with Gasteiger partial charge < -0.3 is 10.0 Å². The molecule has 1 aromatic rings. The van der Waals surface area contributed by atoms with Crippen LogP contribution >= 0.6 is 11.6 Å². The minimum Gasteiger partial charge on any atom is -0.387 e. The third kappa shape index (κ3) is 4.68. The normalized spacial score (nSPS) is 15.3. The van der Waals surface area contributed by atoms with Crippen LogP contribution in [0.15, 0.2) is 23.1 Å². The zero-order valence-corrected chi connectivity index (χ0v) is 13.1. The van der Waals surface area contributed by atoms with E-state index in [4.69, 9.17) is 11.6 Å². The summed E-state index contributed by atoms with van der Waals surface area (Å²) in [5.74, 6) is -1.01. The summed E-state index contributed by atoms with van der Waals surface area (Å²) in [6.45, 7) is 1.51. The molecule has 0 aliphatic heterocycles. The van der Waals surface area contributed by atoms with E-state index in [2.05, 4.69) is 4.72 Å². The molecular weight excluding hydrogens is 307 g/mol. The smallest absolute Gasteiger partial charge is 0.243 e. The maximum Gasteiger partial charge on any atom is 0.243 e. The monoisotopic (exact) mass is 324 g/mol. The second kappa shape index (κ2) is 6.36. The van der Waals surface area contributed by atoms with Gasteiger partial charge in [0.15, 0.2) is 5.82 Å². The van der Waals surface area contributed by atoms with E-state index in [1.54, 1.807) is 19.0 Å². The van der Waals surface area contributed by atoms with E-state index < -0.39 is 26.3 Å². The Morgan fingerprint density at radius 2 is 2.05 bits per heavy atom. The van der Waals surface area contributed by atoms with E-state index in [-0.39, 0.29) is 18.1 Å². The van der Waals surface area contributed by atoms with Crippen molar-refractivity contribution in [2.45, 2.75) is 17.4 Å². The molecule has 0 radical (unpaired) electrons. The molecule has 20 heavy (non-hydrogen) atoms. The van der Waals surface area contributed by atoms with E-state index in [0.29, 0.717) is 0 Å². The first-order chi connectivity index (χ1) is 9.05. The molecule has 0 heterocycles. The second-order valence-corrected chi connectivity index (χ2v) is 7.25. The Morgan fingerprint density at radius 1 is 1.45 bits per heavy atom. The lowest BCUT2D eigenvalue weighted by atomic mass is 10.1.